The number of hydrogen-bond acceptors (Lipinski definition) is 4. The van der Waals surface area contributed by atoms with Crippen molar-refractivity contribution in [3.63, 3.8) is 0 Å². The van der Waals surface area contributed by atoms with Crippen molar-refractivity contribution in [2.75, 3.05) is 0 Å². The predicted molar refractivity (Wildman–Crippen MR) is 98.6 cm³/mol. The van der Waals surface area contributed by atoms with E-state index in [9.17, 15) is 10.1 Å². The van der Waals surface area contributed by atoms with Crippen molar-refractivity contribution in [3.05, 3.63) is 56.8 Å². The molecule has 1 heterocycles. The number of aryl methyl sites for hydroxylation is 4. The second kappa shape index (κ2) is 7.19. The maximum atomic E-state index is 12.0. The summed E-state index contributed by atoms with van der Waals surface area (Å²) >= 11 is 1.56. The summed E-state index contributed by atoms with van der Waals surface area (Å²) in [5.41, 5.74) is 7.70. The van der Waals surface area contributed by atoms with Crippen LogP contribution in [0.2, 0.25) is 0 Å². The molecule has 0 aliphatic carbocycles. The molecule has 0 spiro atoms. The van der Waals surface area contributed by atoms with Crippen molar-refractivity contribution in [3.8, 4) is 6.07 Å². The fourth-order valence-electron chi connectivity index (χ4n) is 3.17. The lowest BCUT2D eigenvalue weighted by atomic mass is 9.92. The van der Waals surface area contributed by atoms with Crippen LogP contribution < -0.4 is 0 Å². The molecule has 1 aromatic carbocycles. The molecule has 0 unspecified atom stereocenters. The van der Waals surface area contributed by atoms with Crippen molar-refractivity contribution in [2.24, 2.45) is 0 Å². The van der Waals surface area contributed by atoms with Crippen LogP contribution in [0.1, 0.15) is 56.4 Å². The first-order chi connectivity index (χ1) is 11.3. The van der Waals surface area contributed by atoms with Gasteiger partial charge in [-0.05, 0) is 75.4 Å². The zero-order valence-electron chi connectivity index (χ0n) is 15.1. The minimum absolute atomic E-state index is 0.0958. The van der Waals surface area contributed by atoms with Gasteiger partial charge in [0.05, 0.1) is 5.56 Å². The second-order valence-corrected chi connectivity index (χ2v) is 7.17. The van der Waals surface area contributed by atoms with E-state index in [1.54, 1.807) is 18.7 Å². The highest BCUT2D eigenvalue weighted by Crippen LogP contribution is 2.31. The third kappa shape index (κ3) is 3.52. The Morgan fingerprint density at radius 1 is 1.12 bits per heavy atom. The number of thioether (sulfide) groups is 1. The molecule has 0 saturated heterocycles. The van der Waals surface area contributed by atoms with E-state index in [0.29, 0.717) is 11.3 Å². The molecule has 0 amide bonds. The molecule has 4 heteroatoms. The first-order valence-electron chi connectivity index (χ1n) is 7.88. The Labute approximate surface area is 148 Å². The number of aromatic nitrogens is 1. The van der Waals surface area contributed by atoms with Gasteiger partial charge in [0.15, 0.2) is 5.78 Å². The third-order valence-corrected chi connectivity index (χ3v) is 5.26. The van der Waals surface area contributed by atoms with Crippen LogP contribution in [0.3, 0.4) is 0 Å². The number of hydrogen-bond donors (Lipinski definition) is 0. The van der Waals surface area contributed by atoms with Crippen molar-refractivity contribution in [1.29, 1.82) is 5.26 Å². The van der Waals surface area contributed by atoms with E-state index in [4.69, 9.17) is 0 Å². The summed E-state index contributed by atoms with van der Waals surface area (Å²) in [6.45, 7) is 11.5. The Morgan fingerprint density at radius 3 is 2.38 bits per heavy atom. The summed E-state index contributed by atoms with van der Waals surface area (Å²) in [4.78, 5) is 16.5. The normalized spacial score (nSPS) is 10.5. The van der Waals surface area contributed by atoms with Gasteiger partial charge in [0.1, 0.15) is 11.1 Å². The van der Waals surface area contributed by atoms with Gasteiger partial charge in [0.2, 0.25) is 0 Å². The van der Waals surface area contributed by atoms with Gasteiger partial charge in [-0.15, -0.1) is 11.8 Å². The highest BCUT2D eigenvalue weighted by molar-refractivity contribution is 7.98. The van der Waals surface area contributed by atoms with E-state index < -0.39 is 0 Å². The smallest absolute Gasteiger partial charge is 0.160 e. The Bertz CT molecular complexity index is 863. The standard InChI is InChI=1S/C20H22N2OS/c1-11-7-13(3)19(16(6)23)15(5)18(11)10-24-20-17(9-21)12(2)8-14(4)22-20/h7-8H,10H2,1-6H3. The first kappa shape index (κ1) is 18.2. The molecule has 24 heavy (non-hydrogen) atoms. The number of Topliss-reactive ketones (excluding diaryl/α,β-unsaturated/α-hetero) is 1. The van der Waals surface area contributed by atoms with Crippen LogP contribution in [-0.2, 0) is 5.75 Å². The van der Waals surface area contributed by atoms with Crippen LogP contribution in [0, 0.1) is 45.9 Å². The zero-order chi connectivity index (χ0) is 18.0. The number of pyridine rings is 1. The molecule has 0 atom stereocenters. The number of carbonyl (C=O) groups is 1. The quantitative estimate of drug-likeness (QED) is 0.582. The molecule has 0 saturated carbocycles. The zero-order valence-corrected chi connectivity index (χ0v) is 15.9. The van der Waals surface area contributed by atoms with Gasteiger partial charge >= 0.3 is 0 Å². The van der Waals surface area contributed by atoms with Crippen molar-refractivity contribution < 1.29 is 4.79 Å². The number of rotatable bonds is 4. The maximum Gasteiger partial charge on any atom is 0.160 e. The van der Waals surface area contributed by atoms with Crippen molar-refractivity contribution >= 4 is 17.5 Å². The summed E-state index contributed by atoms with van der Waals surface area (Å²) in [6.07, 6.45) is 0. The van der Waals surface area contributed by atoms with E-state index in [-0.39, 0.29) is 5.78 Å². The minimum Gasteiger partial charge on any atom is -0.294 e. The van der Waals surface area contributed by atoms with Gasteiger partial charge in [0, 0.05) is 17.0 Å². The van der Waals surface area contributed by atoms with Crippen LogP contribution in [0.4, 0.5) is 0 Å². The van der Waals surface area contributed by atoms with E-state index in [1.165, 1.54) is 5.56 Å². The van der Waals surface area contributed by atoms with Crippen molar-refractivity contribution in [1.82, 2.24) is 4.98 Å². The summed E-state index contributed by atoms with van der Waals surface area (Å²) in [7, 11) is 0. The van der Waals surface area contributed by atoms with Crippen LogP contribution >= 0.6 is 11.8 Å². The Morgan fingerprint density at radius 2 is 1.79 bits per heavy atom. The number of nitrogens with zero attached hydrogens (tertiary/aromatic N) is 2. The molecular weight excluding hydrogens is 316 g/mol. The van der Waals surface area contributed by atoms with Gasteiger partial charge in [-0.2, -0.15) is 5.26 Å². The minimum atomic E-state index is 0.0958. The van der Waals surface area contributed by atoms with E-state index in [2.05, 4.69) is 24.0 Å². The molecule has 0 aliphatic heterocycles. The Balaban J connectivity index is 2.43. The molecule has 3 nitrogen and oxygen atoms in total. The van der Waals surface area contributed by atoms with E-state index in [0.717, 1.165) is 38.5 Å². The molecule has 0 bridgehead atoms. The maximum absolute atomic E-state index is 12.0. The number of ketones is 1. The van der Waals surface area contributed by atoms with Gasteiger partial charge < -0.3 is 0 Å². The van der Waals surface area contributed by atoms with E-state index >= 15 is 0 Å². The number of carbonyl (C=O) groups excluding carboxylic acids is 1. The van der Waals surface area contributed by atoms with Gasteiger partial charge in [-0.1, -0.05) is 6.07 Å². The lowest BCUT2D eigenvalue weighted by molar-refractivity contribution is 0.101. The largest absolute Gasteiger partial charge is 0.294 e. The van der Waals surface area contributed by atoms with Crippen molar-refractivity contribution in [2.45, 2.75) is 52.3 Å². The molecule has 124 valence electrons. The second-order valence-electron chi connectivity index (χ2n) is 6.21. The lowest BCUT2D eigenvalue weighted by Crippen LogP contribution is -2.05. The Kier molecular flexibility index (Phi) is 5.46. The van der Waals surface area contributed by atoms with Crippen LogP contribution in [0.15, 0.2) is 17.2 Å². The first-order valence-corrected chi connectivity index (χ1v) is 8.86. The van der Waals surface area contributed by atoms with Crippen LogP contribution in [0.5, 0.6) is 0 Å². The summed E-state index contributed by atoms with van der Waals surface area (Å²) in [6, 6.07) is 6.26. The molecule has 0 fully saturated rings. The highest BCUT2D eigenvalue weighted by Gasteiger charge is 2.16. The topological polar surface area (TPSA) is 53.8 Å². The fraction of sp³-hybridized carbons (Fsp3) is 0.350. The average molecular weight is 338 g/mol. The molecular formula is C20H22N2OS. The molecule has 2 rings (SSSR count). The van der Waals surface area contributed by atoms with E-state index in [1.807, 2.05) is 33.8 Å². The van der Waals surface area contributed by atoms with Gasteiger partial charge in [0.25, 0.3) is 0 Å². The molecule has 0 radical (unpaired) electrons. The predicted octanol–water partition coefficient (Wildman–Crippen LogP) is 4.99. The van der Waals surface area contributed by atoms with Gasteiger partial charge in [-0.25, -0.2) is 4.98 Å². The molecule has 0 N–H and O–H groups in total. The highest BCUT2D eigenvalue weighted by atomic mass is 32.2. The lowest BCUT2D eigenvalue weighted by Gasteiger charge is -2.16. The number of benzene rings is 1. The third-order valence-electron chi connectivity index (χ3n) is 4.26. The number of nitriles is 1. The molecule has 0 aliphatic rings. The van der Waals surface area contributed by atoms with Crippen LogP contribution in [0.25, 0.3) is 0 Å². The average Bonchev–Trinajstić information content (AvgIpc) is 2.45. The fourth-order valence-corrected chi connectivity index (χ4v) is 4.46. The SMILES string of the molecule is CC(=O)c1c(C)cc(C)c(CSc2nc(C)cc(C)c2C#N)c1C. The monoisotopic (exact) mass is 338 g/mol. The summed E-state index contributed by atoms with van der Waals surface area (Å²) in [5.74, 6) is 0.793. The summed E-state index contributed by atoms with van der Waals surface area (Å²) < 4.78 is 0. The Hall–Kier alpha value is -2.12. The van der Waals surface area contributed by atoms with Crippen LogP contribution in [-0.4, -0.2) is 10.8 Å². The van der Waals surface area contributed by atoms with Gasteiger partial charge in [-0.3, -0.25) is 4.79 Å². The molecule has 1 aromatic heterocycles. The summed E-state index contributed by atoms with van der Waals surface area (Å²) in [5, 5.41) is 10.2. The molecule has 2 aromatic rings.